The molecule has 6 N–H and O–H groups in total. The van der Waals surface area contributed by atoms with E-state index in [-0.39, 0.29) is 58.6 Å². The molecule has 2 saturated heterocycles. The van der Waals surface area contributed by atoms with Gasteiger partial charge in [0.1, 0.15) is 23.9 Å². The largest absolute Gasteiger partial charge is 0.482 e. The number of thiophene rings is 1. The molecule has 4 aromatic rings. The number of nitrogens with zero attached hydrogens (tertiary/aromatic N) is 3. The number of carbonyl (C=O) groups is 4. The molecule has 1 aromatic heterocycles. The van der Waals surface area contributed by atoms with Gasteiger partial charge in [0.05, 0.1) is 22.0 Å². The first kappa shape index (κ1) is 43.8. The highest BCUT2D eigenvalue weighted by Crippen LogP contribution is 2.46. The van der Waals surface area contributed by atoms with E-state index in [4.69, 9.17) is 16.3 Å². The van der Waals surface area contributed by atoms with Crippen LogP contribution in [0.5, 0.6) is 5.75 Å². The van der Waals surface area contributed by atoms with Crippen LogP contribution in [0.3, 0.4) is 0 Å². The predicted octanol–water partition coefficient (Wildman–Crippen LogP) is 4.84. The zero-order valence-corrected chi connectivity index (χ0v) is 35.9. The molecule has 3 atom stereocenters. The van der Waals surface area contributed by atoms with Crippen LogP contribution in [0.2, 0.25) is 5.02 Å². The summed E-state index contributed by atoms with van der Waals surface area (Å²) in [5.74, 6) is -2.54. The smallest absolute Gasteiger partial charge is 0.349 e. The standard InChI is InChI=1S/C42H47ClN6O10S2/c1-24(50)22-59-37-35(43)38(60-39(37)41(54)55)27-8-4-10-30(21-27)44-28-16-18-48(19-17-28)61(57,58)23-25-6-3-9-29(20-25)45-33(51)14-12-26-7-5-11-31-36(26)47(2)42(56)49(31)32-13-15-34(52)46-40(32)53/h3-11,20-21,28,32-33,42,44-45,51,56H,12-19,22-23H2,1-2H3,(H,54,55)(H,46,52,53). The molecule has 3 aliphatic heterocycles. The third kappa shape index (κ3) is 9.79. The number of benzene rings is 3. The predicted molar refractivity (Wildman–Crippen MR) is 233 cm³/mol. The Morgan fingerprint density at radius 1 is 1.03 bits per heavy atom. The number of ketones is 1. The summed E-state index contributed by atoms with van der Waals surface area (Å²) in [4.78, 5) is 51.5. The number of ether oxygens (including phenoxy) is 1. The molecular weight excluding hydrogens is 848 g/mol. The lowest BCUT2D eigenvalue weighted by Crippen LogP contribution is -2.56. The molecule has 16 nitrogen and oxygen atoms in total. The molecule has 7 rings (SSSR count). The Bertz CT molecular complexity index is 2440. The number of amides is 2. The van der Waals surface area contributed by atoms with E-state index in [0.29, 0.717) is 66.2 Å². The van der Waals surface area contributed by atoms with E-state index in [2.05, 4.69) is 16.0 Å². The monoisotopic (exact) mass is 894 g/mol. The number of carbonyl (C=O) groups excluding carboxylic acids is 3. The quantitative estimate of drug-likeness (QED) is 0.0656. The van der Waals surface area contributed by atoms with Crippen molar-refractivity contribution in [1.29, 1.82) is 0 Å². The Kier molecular flexibility index (Phi) is 13.2. The fraction of sp³-hybridized carbons (Fsp3) is 0.381. The van der Waals surface area contributed by atoms with E-state index in [9.17, 15) is 42.9 Å². The van der Waals surface area contributed by atoms with E-state index in [1.807, 2.05) is 36.4 Å². The number of piperidine rings is 2. The number of rotatable bonds is 16. The SMILES string of the molecule is CC(=O)COc1c(C(=O)O)sc(-c2cccc(NC3CCN(S(=O)(=O)Cc4cccc(NC(O)CCc5cccc6c5N(C)C(O)N6C5CCC(=O)NC5=O)c4)CC3)c2)c1Cl. The number of hydrogen-bond donors (Lipinski definition) is 6. The van der Waals surface area contributed by atoms with Gasteiger partial charge in [0, 0.05) is 44.0 Å². The van der Waals surface area contributed by atoms with Crippen LogP contribution < -0.4 is 30.5 Å². The van der Waals surface area contributed by atoms with Crippen molar-refractivity contribution in [3.63, 3.8) is 0 Å². The minimum Gasteiger partial charge on any atom is -0.482 e. The summed E-state index contributed by atoms with van der Waals surface area (Å²) in [6.45, 7) is 1.65. The zero-order chi connectivity index (χ0) is 43.6. The van der Waals surface area contributed by atoms with Crippen molar-refractivity contribution in [2.24, 2.45) is 0 Å². The first-order chi connectivity index (χ1) is 29.1. The Morgan fingerprint density at radius 2 is 1.75 bits per heavy atom. The molecule has 3 aromatic carbocycles. The average Bonchev–Trinajstić information content (AvgIpc) is 3.68. The van der Waals surface area contributed by atoms with Crippen molar-refractivity contribution in [1.82, 2.24) is 9.62 Å². The normalized spacial score (nSPS) is 19.0. The average molecular weight is 895 g/mol. The van der Waals surface area contributed by atoms with E-state index < -0.39 is 40.5 Å². The van der Waals surface area contributed by atoms with Crippen LogP contribution in [-0.4, -0.2) is 103 Å². The van der Waals surface area contributed by atoms with Gasteiger partial charge in [-0.05, 0) is 86.1 Å². The Morgan fingerprint density at radius 3 is 2.48 bits per heavy atom. The number of aryl methyl sites for hydroxylation is 1. The Balaban J connectivity index is 0.921. The summed E-state index contributed by atoms with van der Waals surface area (Å²) < 4.78 is 34.1. The van der Waals surface area contributed by atoms with E-state index in [0.717, 1.165) is 28.3 Å². The van der Waals surface area contributed by atoms with Crippen molar-refractivity contribution in [3.8, 4) is 16.2 Å². The third-order valence-corrected chi connectivity index (χ3v) is 14.5. The van der Waals surface area contributed by atoms with Crippen LogP contribution in [0.15, 0.2) is 66.7 Å². The minimum absolute atomic E-state index is 0.0229. The molecule has 19 heteroatoms. The van der Waals surface area contributed by atoms with Gasteiger partial charge < -0.3 is 40.5 Å². The fourth-order valence-corrected chi connectivity index (χ4v) is 10.9. The number of aliphatic hydroxyl groups is 2. The van der Waals surface area contributed by atoms with Crippen molar-refractivity contribution < 1.29 is 47.7 Å². The molecule has 324 valence electrons. The lowest BCUT2D eigenvalue weighted by molar-refractivity contribution is -0.134. The van der Waals surface area contributed by atoms with Gasteiger partial charge in [0.2, 0.25) is 28.2 Å². The summed E-state index contributed by atoms with van der Waals surface area (Å²) in [6.07, 6.45) is 0.199. The van der Waals surface area contributed by atoms with E-state index >= 15 is 0 Å². The second-order valence-electron chi connectivity index (χ2n) is 15.4. The summed E-state index contributed by atoms with van der Waals surface area (Å²) in [6, 6.07) is 19.1. The van der Waals surface area contributed by atoms with Crippen LogP contribution in [0, 0.1) is 0 Å². The van der Waals surface area contributed by atoms with Gasteiger partial charge in [0.15, 0.2) is 16.4 Å². The van der Waals surface area contributed by atoms with Gasteiger partial charge in [-0.2, -0.15) is 0 Å². The topological polar surface area (TPSA) is 218 Å². The number of anilines is 4. The Hall–Kier alpha value is -5.24. The maximum absolute atomic E-state index is 13.6. The molecule has 2 amide bonds. The van der Waals surface area contributed by atoms with Crippen LogP contribution >= 0.6 is 22.9 Å². The van der Waals surface area contributed by atoms with Crippen LogP contribution in [-0.2, 0) is 36.6 Å². The minimum atomic E-state index is -3.67. The van der Waals surface area contributed by atoms with Gasteiger partial charge >= 0.3 is 5.97 Å². The summed E-state index contributed by atoms with van der Waals surface area (Å²) >= 11 is 7.52. The molecule has 0 saturated carbocycles. The van der Waals surface area contributed by atoms with Crippen LogP contribution in [0.4, 0.5) is 22.7 Å². The summed E-state index contributed by atoms with van der Waals surface area (Å²) in [5, 5.41) is 40.8. The number of Topliss-reactive ketones (excluding diaryl/α,β-unsaturated/α-hetero) is 1. The van der Waals surface area contributed by atoms with Crippen LogP contribution in [0.25, 0.3) is 10.4 Å². The highest BCUT2D eigenvalue weighted by Gasteiger charge is 2.43. The highest BCUT2D eigenvalue weighted by atomic mass is 35.5. The third-order valence-electron chi connectivity index (χ3n) is 10.9. The number of fused-ring (bicyclic) bond motifs is 1. The molecule has 4 heterocycles. The van der Waals surface area contributed by atoms with Gasteiger partial charge in [-0.3, -0.25) is 19.7 Å². The molecule has 2 fully saturated rings. The lowest BCUT2D eigenvalue weighted by Gasteiger charge is -2.34. The zero-order valence-electron chi connectivity index (χ0n) is 33.5. The molecule has 0 bridgehead atoms. The van der Waals surface area contributed by atoms with Crippen molar-refractivity contribution in [3.05, 3.63) is 87.8 Å². The number of carboxylic acid groups (broad SMARTS) is 1. The molecule has 0 spiro atoms. The van der Waals surface area contributed by atoms with E-state index in [1.54, 1.807) is 47.2 Å². The van der Waals surface area contributed by atoms with Gasteiger partial charge in [-0.1, -0.05) is 48.0 Å². The summed E-state index contributed by atoms with van der Waals surface area (Å²) in [7, 11) is -1.95. The van der Waals surface area contributed by atoms with Gasteiger partial charge in [-0.25, -0.2) is 17.5 Å². The van der Waals surface area contributed by atoms with Gasteiger partial charge in [0.25, 0.3) is 0 Å². The second kappa shape index (κ2) is 18.4. The first-order valence-electron chi connectivity index (χ1n) is 19.8. The number of halogens is 1. The second-order valence-corrected chi connectivity index (χ2v) is 18.7. The molecule has 61 heavy (non-hydrogen) atoms. The maximum atomic E-state index is 13.6. The summed E-state index contributed by atoms with van der Waals surface area (Å²) in [5.41, 5.74) is 4.80. The number of imide groups is 1. The van der Waals surface area contributed by atoms with Crippen molar-refractivity contribution in [2.75, 3.05) is 47.2 Å². The molecule has 0 aliphatic carbocycles. The van der Waals surface area contributed by atoms with Crippen molar-refractivity contribution in [2.45, 2.75) is 75.9 Å². The number of aromatic carboxylic acids is 1. The number of hydrogen-bond acceptors (Lipinski definition) is 14. The number of aliphatic hydroxyl groups excluding tert-OH is 2. The lowest BCUT2D eigenvalue weighted by atomic mass is 10.0. The maximum Gasteiger partial charge on any atom is 0.349 e. The first-order valence-corrected chi connectivity index (χ1v) is 22.6. The van der Waals surface area contributed by atoms with Gasteiger partial charge in [-0.15, -0.1) is 11.3 Å². The van der Waals surface area contributed by atoms with Crippen molar-refractivity contribution >= 4 is 79.3 Å². The number of sulfonamides is 1. The molecular formula is C42H47ClN6O10S2. The van der Waals surface area contributed by atoms with E-state index in [1.165, 1.54) is 11.2 Å². The molecule has 3 unspecified atom stereocenters. The Labute approximate surface area is 362 Å². The number of nitrogens with one attached hydrogen (secondary N) is 3. The molecule has 3 aliphatic rings. The molecule has 0 radical (unpaired) electrons. The van der Waals surface area contributed by atoms with Crippen LogP contribution in [0.1, 0.15) is 59.8 Å². The highest BCUT2D eigenvalue weighted by molar-refractivity contribution is 7.88. The number of carboxylic acids is 1. The number of para-hydroxylation sites is 1. The fourth-order valence-electron chi connectivity index (χ4n) is 8.00.